The van der Waals surface area contributed by atoms with E-state index in [0.717, 1.165) is 5.69 Å². The summed E-state index contributed by atoms with van der Waals surface area (Å²) in [4.78, 5) is 14.9. The van der Waals surface area contributed by atoms with E-state index >= 15 is 0 Å². The SMILES string of the molecule is Cc1nc(CNc2ccc(C(N)=O)cc2)no1. The molecule has 0 fully saturated rings. The minimum absolute atomic E-state index is 0.439. The minimum Gasteiger partial charge on any atom is -0.378 e. The summed E-state index contributed by atoms with van der Waals surface area (Å²) in [6, 6.07) is 6.86. The van der Waals surface area contributed by atoms with Crippen LogP contribution < -0.4 is 11.1 Å². The normalized spacial score (nSPS) is 10.2. The van der Waals surface area contributed by atoms with E-state index in [1.54, 1.807) is 31.2 Å². The van der Waals surface area contributed by atoms with Gasteiger partial charge in [0.15, 0.2) is 5.82 Å². The molecule has 0 saturated carbocycles. The third kappa shape index (κ3) is 2.81. The topological polar surface area (TPSA) is 94.0 Å². The smallest absolute Gasteiger partial charge is 0.248 e. The monoisotopic (exact) mass is 232 g/mol. The van der Waals surface area contributed by atoms with E-state index in [2.05, 4.69) is 15.5 Å². The van der Waals surface area contributed by atoms with Gasteiger partial charge >= 0.3 is 0 Å². The molecule has 0 unspecified atom stereocenters. The zero-order valence-corrected chi connectivity index (χ0v) is 9.30. The molecule has 0 spiro atoms. The first-order valence-corrected chi connectivity index (χ1v) is 5.08. The molecule has 1 heterocycles. The number of amides is 1. The summed E-state index contributed by atoms with van der Waals surface area (Å²) in [6.45, 7) is 2.20. The van der Waals surface area contributed by atoms with Gasteiger partial charge in [-0.05, 0) is 24.3 Å². The molecule has 0 atom stereocenters. The zero-order valence-electron chi connectivity index (χ0n) is 9.30. The first-order chi connectivity index (χ1) is 8.15. The Morgan fingerprint density at radius 1 is 1.41 bits per heavy atom. The number of rotatable bonds is 4. The second-order valence-corrected chi connectivity index (χ2v) is 3.52. The first-order valence-electron chi connectivity index (χ1n) is 5.08. The lowest BCUT2D eigenvalue weighted by molar-refractivity contribution is 0.100. The average molecular weight is 232 g/mol. The van der Waals surface area contributed by atoms with Gasteiger partial charge in [0.05, 0.1) is 6.54 Å². The van der Waals surface area contributed by atoms with Crippen LogP contribution in [0.5, 0.6) is 0 Å². The Morgan fingerprint density at radius 3 is 2.65 bits per heavy atom. The van der Waals surface area contributed by atoms with Crippen LogP contribution in [0.15, 0.2) is 28.8 Å². The van der Waals surface area contributed by atoms with E-state index in [9.17, 15) is 4.79 Å². The van der Waals surface area contributed by atoms with E-state index in [-0.39, 0.29) is 0 Å². The predicted molar refractivity (Wildman–Crippen MR) is 61.3 cm³/mol. The number of nitrogens with two attached hydrogens (primary N) is 1. The van der Waals surface area contributed by atoms with E-state index < -0.39 is 5.91 Å². The number of benzene rings is 1. The Bertz CT molecular complexity index is 519. The molecule has 1 amide bonds. The Hall–Kier alpha value is -2.37. The molecule has 0 aliphatic rings. The number of nitrogens with one attached hydrogen (secondary N) is 1. The fraction of sp³-hybridized carbons (Fsp3) is 0.182. The van der Waals surface area contributed by atoms with E-state index in [0.29, 0.717) is 23.8 Å². The number of nitrogens with zero attached hydrogens (tertiary/aromatic N) is 2. The van der Waals surface area contributed by atoms with Crippen molar-refractivity contribution in [3.63, 3.8) is 0 Å². The number of aromatic nitrogens is 2. The zero-order chi connectivity index (χ0) is 12.3. The quantitative estimate of drug-likeness (QED) is 0.822. The molecule has 6 heteroatoms. The van der Waals surface area contributed by atoms with Gasteiger partial charge in [-0.3, -0.25) is 4.79 Å². The lowest BCUT2D eigenvalue weighted by atomic mass is 10.2. The van der Waals surface area contributed by atoms with Crippen LogP contribution in [-0.2, 0) is 6.54 Å². The molecule has 88 valence electrons. The molecule has 6 nitrogen and oxygen atoms in total. The van der Waals surface area contributed by atoms with E-state index in [1.807, 2.05) is 0 Å². The van der Waals surface area contributed by atoms with Crippen molar-refractivity contribution in [1.29, 1.82) is 0 Å². The molecule has 1 aromatic carbocycles. The lowest BCUT2D eigenvalue weighted by Crippen LogP contribution is -2.10. The van der Waals surface area contributed by atoms with Gasteiger partial charge in [-0.25, -0.2) is 0 Å². The fourth-order valence-corrected chi connectivity index (χ4v) is 1.35. The Balaban J connectivity index is 1.97. The van der Waals surface area contributed by atoms with E-state index in [4.69, 9.17) is 10.3 Å². The maximum Gasteiger partial charge on any atom is 0.248 e. The molecule has 17 heavy (non-hydrogen) atoms. The standard InChI is InChI=1S/C11H12N4O2/c1-7-14-10(15-17-7)6-13-9-4-2-8(3-5-9)11(12)16/h2-5,13H,6H2,1H3,(H2,12,16). The third-order valence-corrected chi connectivity index (χ3v) is 2.19. The summed E-state index contributed by atoms with van der Waals surface area (Å²) in [5, 5.41) is 6.86. The number of hydrogen-bond donors (Lipinski definition) is 2. The highest BCUT2D eigenvalue weighted by Gasteiger charge is 2.02. The maximum atomic E-state index is 10.9. The van der Waals surface area contributed by atoms with Gasteiger partial charge in [-0.1, -0.05) is 5.16 Å². The highest BCUT2D eigenvalue weighted by molar-refractivity contribution is 5.93. The van der Waals surface area contributed by atoms with Gasteiger partial charge in [-0.2, -0.15) is 4.98 Å². The van der Waals surface area contributed by atoms with Crippen LogP contribution in [0.4, 0.5) is 5.69 Å². The largest absolute Gasteiger partial charge is 0.378 e. The average Bonchev–Trinajstić information content (AvgIpc) is 2.73. The molecular formula is C11H12N4O2. The molecule has 3 N–H and O–H groups in total. The Labute approximate surface area is 97.8 Å². The highest BCUT2D eigenvalue weighted by atomic mass is 16.5. The molecule has 0 bridgehead atoms. The molecule has 0 radical (unpaired) electrons. The number of carbonyl (C=O) groups excluding carboxylic acids is 1. The number of carbonyl (C=O) groups is 1. The van der Waals surface area contributed by atoms with E-state index in [1.165, 1.54) is 0 Å². The van der Waals surface area contributed by atoms with Crippen molar-refractivity contribution in [2.45, 2.75) is 13.5 Å². The van der Waals surface area contributed by atoms with Crippen LogP contribution in [0.25, 0.3) is 0 Å². The highest BCUT2D eigenvalue weighted by Crippen LogP contribution is 2.10. The molecule has 0 aliphatic carbocycles. The van der Waals surface area contributed by atoms with Crippen LogP contribution in [0.3, 0.4) is 0 Å². The Kier molecular flexibility index (Phi) is 3.04. The summed E-state index contributed by atoms with van der Waals surface area (Å²) >= 11 is 0. The lowest BCUT2D eigenvalue weighted by Gasteiger charge is -2.03. The van der Waals surface area contributed by atoms with Gasteiger partial charge in [0.25, 0.3) is 0 Å². The van der Waals surface area contributed by atoms with Gasteiger partial charge in [0.2, 0.25) is 11.8 Å². The second-order valence-electron chi connectivity index (χ2n) is 3.52. The second kappa shape index (κ2) is 4.65. The van der Waals surface area contributed by atoms with Crippen molar-refractivity contribution in [2.24, 2.45) is 5.73 Å². The van der Waals surface area contributed by atoms with Crippen LogP contribution in [0.1, 0.15) is 22.1 Å². The third-order valence-electron chi connectivity index (χ3n) is 2.19. The number of aryl methyl sites for hydroxylation is 1. The summed E-state index contributed by atoms with van der Waals surface area (Å²) in [5.74, 6) is 0.678. The number of anilines is 1. The summed E-state index contributed by atoms with van der Waals surface area (Å²) in [5.41, 5.74) is 6.48. The minimum atomic E-state index is -0.439. The fourth-order valence-electron chi connectivity index (χ4n) is 1.35. The van der Waals surface area contributed by atoms with Crippen molar-refractivity contribution in [3.8, 4) is 0 Å². The van der Waals surface area contributed by atoms with Crippen molar-refractivity contribution in [1.82, 2.24) is 10.1 Å². The van der Waals surface area contributed by atoms with Crippen molar-refractivity contribution in [3.05, 3.63) is 41.5 Å². The number of primary amides is 1. The van der Waals surface area contributed by atoms with Gasteiger partial charge in [-0.15, -0.1) is 0 Å². The van der Waals surface area contributed by atoms with Crippen LogP contribution >= 0.6 is 0 Å². The first kappa shape index (κ1) is 11.1. The molecule has 2 aromatic rings. The van der Waals surface area contributed by atoms with Gasteiger partial charge in [0.1, 0.15) is 0 Å². The molecular weight excluding hydrogens is 220 g/mol. The molecule has 0 aliphatic heterocycles. The van der Waals surface area contributed by atoms with Gasteiger partial charge in [0, 0.05) is 18.2 Å². The van der Waals surface area contributed by atoms with Crippen LogP contribution in [0, 0.1) is 6.92 Å². The summed E-state index contributed by atoms with van der Waals surface area (Å²) in [7, 11) is 0. The molecule has 0 saturated heterocycles. The number of hydrogen-bond acceptors (Lipinski definition) is 5. The van der Waals surface area contributed by atoms with Crippen LogP contribution in [0.2, 0.25) is 0 Å². The van der Waals surface area contributed by atoms with Crippen LogP contribution in [-0.4, -0.2) is 16.0 Å². The van der Waals surface area contributed by atoms with Crippen molar-refractivity contribution < 1.29 is 9.32 Å². The Morgan fingerprint density at radius 2 is 2.12 bits per heavy atom. The summed E-state index contributed by atoms with van der Waals surface area (Å²) < 4.78 is 4.84. The summed E-state index contributed by atoms with van der Waals surface area (Å²) in [6.07, 6.45) is 0. The maximum absolute atomic E-state index is 10.9. The molecule has 2 rings (SSSR count). The van der Waals surface area contributed by atoms with Crippen molar-refractivity contribution in [2.75, 3.05) is 5.32 Å². The van der Waals surface area contributed by atoms with Crippen molar-refractivity contribution >= 4 is 11.6 Å². The predicted octanol–water partition coefficient (Wildman–Crippen LogP) is 1.09. The molecule has 1 aromatic heterocycles. The van der Waals surface area contributed by atoms with Gasteiger partial charge < -0.3 is 15.6 Å².